The molecular formula is C14H22N4O3. The van der Waals surface area contributed by atoms with Gasteiger partial charge in [0.2, 0.25) is 0 Å². The van der Waals surface area contributed by atoms with Crippen molar-refractivity contribution in [2.24, 2.45) is 7.05 Å². The fourth-order valence-electron chi connectivity index (χ4n) is 2.71. The number of hydrogen-bond donors (Lipinski definition) is 2. The Morgan fingerprint density at radius 1 is 1.48 bits per heavy atom. The first kappa shape index (κ1) is 15.3. The summed E-state index contributed by atoms with van der Waals surface area (Å²) in [6.07, 6.45) is 4.56. The largest absolute Gasteiger partial charge is 0.480 e. The maximum Gasteiger partial charge on any atom is 0.329 e. The lowest BCUT2D eigenvalue weighted by Crippen LogP contribution is -2.60. The number of likely N-dealkylation sites (tertiary alicyclic amines) is 1. The Hall–Kier alpha value is -2.05. The zero-order valence-electron chi connectivity index (χ0n) is 12.5. The van der Waals surface area contributed by atoms with Gasteiger partial charge in [0, 0.05) is 38.4 Å². The molecule has 1 aromatic rings. The monoisotopic (exact) mass is 294 g/mol. The van der Waals surface area contributed by atoms with Crippen LogP contribution in [0.5, 0.6) is 0 Å². The quantitative estimate of drug-likeness (QED) is 0.867. The van der Waals surface area contributed by atoms with E-state index in [0.29, 0.717) is 25.9 Å². The SMILES string of the molecule is Cn1nccc1CCNC(=O)N1CCCCC1(C)C(=O)O. The minimum atomic E-state index is -1.10. The van der Waals surface area contributed by atoms with Gasteiger partial charge in [0.15, 0.2) is 0 Å². The lowest BCUT2D eigenvalue weighted by Gasteiger charge is -2.41. The topological polar surface area (TPSA) is 87.5 Å². The molecule has 7 heteroatoms. The number of piperidine rings is 1. The van der Waals surface area contributed by atoms with Gasteiger partial charge in [0.1, 0.15) is 5.54 Å². The van der Waals surface area contributed by atoms with Gasteiger partial charge in [-0.3, -0.25) is 4.68 Å². The molecule has 2 heterocycles. The molecule has 1 unspecified atom stereocenters. The van der Waals surface area contributed by atoms with Crippen molar-refractivity contribution in [3.8, 4) is 0 Å². The van der Waals surface area contributed by atoms with Crippen LogP contribution < -0.4 is 5.32 Å². The minimum Gasteiger partial charge on any atom is -0.480 e. The number of carbonyl (C=O) groups is 2. The molecule has 0 aromatic carbocycles. The van der Waals surface area contributed by atoms with Crippen molar-refractivity contribution in [2.45, 2.75) is 38.1 Å². The molecule has 0 spiro atoms. The van der Waals surface area contributed by atoms with Crippen LogP contribution in [0.2, 0.25) is 0 Å². The Balaban J connectivity index is 1.92. The Morgan fingerprint density at radius 3 is 2.86 bits per heavy atom. The number of aromatic nitrogens is 2. The summed E-state index contributed by atoms with van der Waals surface area (Å²) in [5, 5.41) is 16.3. The second kappa shape index (κ2) is 6.15. The van der Waals surface area contributed by atoms with Crippen LogP contribution in [0.4, 0.5) is 4.79 Å². The van der Waals surface area contributed by atoms with Gasteiger partial charge < -0.3 is 15.3 Å². The molecule has 1 atom stereocenters. The van der Waals surface area contributed by atoms with Crippen LogP contribution in [0.3, 0.4) is 0 Å². The minimum absolute atomic E-state index is 0.304. The van der Waals surface area contributed by atoms with Crippen LogP contribution in [-0.2, 0) is 18.3 Å². The third kappa shape index (κ3) is 3.17. The van der Waals surface area contributed by atoms with Crippen molar-refractivity contribution in [1.29, 1.82) is 0 Å². The van der Waals surface area contributed by atoms with Crippen molar-refractivity contribution in [2.75, 3.05) is 13.1 Å². The molecule has 0 saturated carbocycles. The summed E-state index contributed by atoms with van der Waals surface area (Å²) in [7, 11) is 1.85. The van der Waals surface area contributed by atoms with Gasteiger partial charge in [0.05, 0.1) is 0 Å². The summed E-state index contributed by atoms with van der Waals surface area (Å²) >= 11 is 0. The predicted octanol–water partition coefficient (Wildman–Crippen LogP) is 1.00. The Labute approximate surface area is 123 Å². The molecule has 1 aliphatic rings. The van der Waals surface area contributed by atoms with E-state index in [-0.39, 0.29) is 6.03 Å². The van der Waals surface area contributed by atoms with Gasteiger partial charge >= 0.3 is 12.0 Å². The molecule has 1 aliphatic heterocycles. The van der Waals surface area contributed by atoms with Gasteiger partial charge in [-0.1, -0.05) is 0 Å². The van der Waals surface area contributed by atoms with Crippen molar-refractivity contribution < 1.29 is 14.7 Å². The van der Waals surface area contributed by atoms with E-state index < -0.39 is 11.5 Å². The summed E-state index contributed by atoms with van der Waals surface area (Å²) in [5.41, 5.74) is -0.0792. The fraction of sp³-hybridized carbons (Fsp3) is 0.643. The van der Waals surface area contributed by atoms with E-state index in [1.165, 1.54) is 4.90 Å². The first-order valence-corrected chi connectivity index (χ1v) is 7.21. The van der Waals surface area contributed by atoms with Gasteiger partial charge in [-0.05, 0) is 32.3 Å². The molecule has 1 saturated heterocycles. The second-order valence-corrected chi connectivity index (χ2v) is 5.62. The van der Waals surface area contributed by atoms with Crippen LogP contribution >= 0.6 is 0 Å². The molecule has 0 aliphatic carbocycles. The third-order valence-corrected chi connectivity index (χ3v) is 4.18. The first-order valence-electron chi connectivity index (χ1n) is 7.21. The molecule has 0 radical (unpaired) electrons. The zero-order chi connectivity index (χ0) is 15.5. The molecule has 2 N–H and O–H groups in total. The van der Waals surface area contributed by atoms with Crippen LogP contribution in [-0.4, -0.2) is 50.4 Å². The van der Waals surface area contributed by atoms with Gasteiger partial charge in [-0.15, -0.1) is 0 Å². The summed E-state index contributed by atoms with van der Waals surface area (Å²) < 4.78 is 1.76. The molecule has 7 nitrogen and oxygen atoms in total. The van der Waals surface area contributed by atoms with E-state index in [0.717, 1.165) is 18.5 Å². The number of amides is 2. The van der Waals surface area contributed by atoms with Crippen LogP contribution in [0.25, 0.3) is 0 Å². The van der Waals surface area contributed by atoms with E-state index >= 15 is 0 Å². The summed E-state index contributed by atoms with van der Waals surface area (Å²) in [6, 6.07) is 1.59. The number of nitrogens with one attached hydrogen (secondary N) is 1. The lowest BCUT2D eigenvalue weighted by atomic mass is 9.89. The molecule has 0 bridgehead atoms. The van der Waals surface area contributed by atoms with E-state index in [2.05, 4.69) is 10.4 Å². The zero-order valence-corrected chi connectivity index (χ0v) is 12.5. The standard InChI is InChI=1S/C14H22N4O3/c1-14(12(19)20)7-3-4-10-18(14)13(21)15-8-5-11-6-9-16-17(11)2/h6,9H,3-5,7-8,10H2,1-2H3,(H,15,21)(H,19,20). The van der Waals surface area contributed by atoms with E-state index in [1.807, 2.05) is 13.1 Å². The van der Waals surface area contributed by atoms with Crippen molar-refractivity contribution >= 4 is 12.0 Å². The molecule has 116 valence electrons. The summed E-state index contributed by atoms with van der Waals surface area (Å²) in [4.78, 5) is 25.2. The third-order valence-electron chi connectivity index (χ3n) is 4.18. The fourth-order valence-corrected chi connectivity index (χ4v) is 2.71. The Bertz CT molecular complexity index is 528. The maximum absolute atomic E-state index is 12.3. The lowest BCUT2D eigenvalue weighted by molar-refractivity contribution is -0.150. The molecule has 2 amide bonds. The highest BCUT2D eigenvalue weighted by Crippen LogP contribution is 2.28. The number of carboxylic acid groups (broad SMARTS) is 1. The molecule has 2 rings (SSSR count). The van der Waals surface area contributed by atoms with Crippen LogP contribution in [0.1, 0.15) is 31.9 Å². The number of aliphatic carboxylic acids is 1. The number of carbonyl (C=O) groups excluding carboxylic acids is 1. The van der Waals surface area contributed by atoms with Crippen LogP contribution in [0.15, 0.2) is 12.3 Å². The van der Waals surface area contributed by atoms with Gasteiger partial charge in [-0.2, -0.15) is 5.10 Å². The van der Waals surface area contributed by atoms with E-state index in [1.54, 1.807) is 17.8 Å². The molecule has 1 aromatic heterocycles. The Kier molecular flexibility index (Phi) is 4.50. The number of aryl methyl sites for hydroxylation is 1. The number of nitrogens with zero attached hydrogens (tertiary/aromatic N) is 3. The van der Waals surface area contributed by atoms with Gasteiger partial charge in [0.25, 0.3) is 0 Å². The average molecular weight is 294 g/mol. The van der Waals surface area contributed by atoms with Crippen molar-refractivity contribution in [3.05, 3.63) is 18.0 Å². The molecular weight excluding hydrogens is 272 g/mol. The normalized spacial score (nSPS) is 22.1. The number of carboxylic acids is 1. The smallest absolute Gasteiger partial charge is 0.329 e. The van der Waals surface area contributed by atoms with E-state index in [4.69, 9.17) is 0 Å². The highest BCUT2D eigenvalue weighted by Gasteiger charge is 2.43. The number of hydrogen-bond acceptors (Lipinski definition) is 3. The highest BCUT2D eigenvalue weighted by molar-refractivity contribution is 5.86. The summed E-state index contributed by atoms with van der Waals surface area (Å²) in [6.45, 7) is 2.57. The highest BCUT2D eigenvalue weighted by atomic mass is 16.4. The van der Waals surface area contributed by atoms with Crippen molar-refractivity contribution in [1.82, 2.24) is 20.0 Å². The summed E-state index contributed by atoms with van der Waals surface area (Å²) in [5.74, 6) is -0.941. The van der Waals surface area contributed by atoms with Crippen LogP contribution in [0, 0.1) is 0 Å². The molecule has 21 heavy (non-hydrogen) atoms. The first-order chi connectivity index (χ1) is 9.95. The predicted molar refractivity (Wildman–Crippen MR) is 76.9 cm³/mol. The van der Waals surface area contributed by atoms with Gasteiger partial charge in [-0.25, -0.2) is 9.59 Å². The maximum atomic E-state index is 12.3. The second-order valence-electron chi connectivity index (χ2n) is 5.62. The van der Waals surface area contributed by atoms with Crippen molar-refractivity contribution in [3.63, 3.8) is 0 Å². The number of urea groups is 1. The Morgan fingerprint density at radius 2 is 2.24 bits per heavy atom. The average Bonchev–Trinajstić information content (AvgIpc) is 2.84. The number of rotatable bonds is 4. The molecule has 1 fully saturated rings. The van der Waals surface area contributed by atoms with E-state index in [9.17, 15) is 14.7 Å².